The fourth-order valence-corrected chi connectivity index (χ4v) is 6.40. The van der Waals surface area contributed by atoms with Gasteiger partial charge in [-0.3, -0.25) is 23.4 Å². The van der Waals surface area contributed by atoms with Crippen molar-refractivity contribution in [2.75, 3.05) is 19.8 Å². The Labute approximate surface area is 345 Å². The standard InChI is InChI=1S/C45H78NO10P/c1-3-5-7-9-11-13-15-17-19-20-21-22-23-25-27-29-31-33-35-37-44(48)56-41(39-54-57(51,52)55-40-42(46)45(49)50)38-53-43(47)36-34-32-30-28-26-24-18-16-14-12-10-8-6-4-2/h5,7,11,13,17,19,21-22,25,27,41-42H,3-4,6,8-10,12,14-16,18,20,23-24,26,28-40,46H2,1-2H3,(H,49,50)(H,51,52)/b7-5-,13-11-,19-17-,22-21-,27-25-. The van der Waals surface area contributed by atoms with Gasteiger partial charge in [-0.2, -0.15) is 0 Å². The molecule has 328 valence electrons. The zero-order chi connectivity index (χ0) is 42.1. The van der Waals surface area contributed by atoms with Crippen LogP contribution in [0.5, 0.6) is 0 Å². The summed E-state index contributed by atoms with van der Waals surface area (Å²) in [5.41, 5.74) is 5.33. The third kappa shape index (κ3) is 39.8. The molecular formula is C45H78NO10P. The van der Waals surface area contributed by atoms with Gasteiger partial charge in [0.25, 0.3) is 0 Å². The second-order valence-corrected chi connectivity index (χ2v) is 15.9. The second kappa shape index (κ2) is 40.0. The Morgan fingerprint density at radius 1 is 0.561 bits per heavy atom. The van der Waals surface area contributed by atoms with E-state index in [1.54, 1.807) is 0 Å². The van der Waals surface area contributed by atoms with Crippen LogP contribution in [-0.2, 0) is 37.5 Å². The van der Waals surface area contributed by atoms with E-state index in [1.807, 2.05) is 0 Å². The number of hydrogen-bond acceptors (Lipinski definition) is 9. The smallest absolute Gasteiger partial charge is 0.472 e. The lowest BCUT2D eigenvalue weighted by Crippen LogP contribution is -2.34. The maximum atomic E-state index is 12.6. The van der Waals surface area contributed by atoms with Crippen molar-refractivity contribution in [2.24, 2.45) is 5.73 Å². The van der Waals surface area contributed by atoms with Gasteiger partial charge in [0.2, 0.25) is 0 Å². The summed E-state index contributed by atoms with van der Waals surface area (Å²) in [5, 5.41) is 8.89. The summed E-state index contributed by atoms with van der Waals surface area (Å²) in [6, 6.07) is -1.53. The van der Waals surface area contributed by atoms with E-state index in [0.717, 1.165) is 70.6 Å². The fourth-order valence-electron chi connectivity index (χ4n) is 5.62. The van der Waals surface area contributed by atoms with E-state index in [4.69, 9.17) is 24.8 Å². The van der Waals surface area contributed by atoms with E-state index >= 15 is 0 Å². The van der Waals surface area contributed by atoms with Crippen molar-refractivity contribution in [2.45, 2.75) is 187 Å². The molecule has 0 aliphatic rings. The second-order valence-electron chi connectivity index (χ2n) is 14.5. The molecular weight excluding hydrogens is 745 g/mol. The van der Waals surface area contributed by atoms with Crippen molar-refractivity contribution in [3.63, 3.8) is 0 Å². The lowest BCUT2D eigenvalue weighted by atomic mass is 10.0. The lowest BCUT2D eigenvalue weighted by Gasteiger charge is -2.20. The summed E-state index contributed by atoms with van der Waals surface area (Å²) in [4.78, 5) is 45.9. The van der Waals surface area contributed by atoms with Gasteiger partial charge in [-0.1, -0.05) is 164 Å². The first kappa shape index (κ1) is 54.2. The molecule has 0 spiro atoms. The van der Waals surface area contributed by atoms with E-state index in [2.05, 4.69) is 79.1 Å². The number of carboxylic acid groups (broad SMARTS) is 1. The largest absolute Gasteiger partial charge is 0.480 e. The average molecular weight is 824 g/mol. The normalized spacial score (nSPS) is 14.3. The first-order valence-corrected chi connectivity index (χ1v) is 23.3. The predicted molar refractivity (Wildman–Crippen MR) is 231 cm³/mol. The molecule has 3 atom stereocenters. The van der Waals surface area contributed by atoms with Gasteiger partial charge in [0, 0.05) is 12.8 Å². The molecule has 3 unspecified atom stereocenters. The van der Waals surface area contributed by atoms with Gasteiger partial charge in [-0.25, -0.2) is 4.57 Å². The van der Waals surface area contributed by atoms with Crippen molar-refractivity contribution < 1.29 is 47.5 Å². The number of nitrogens with two attached hydrogens (primary N) is 1. The van der Waals surface area contributed by atoms with Crippen molar-refractivity contribution in [1.82, 2.24) is 0 Å². The van der Waals surface area contributed by atoms with Gasteiger partial charge in [0.05, 0.1) is 13.2 Å². The molecule has 4 N–H and O–H groups in total. The topological polar surface area (TPSA) is 172 Å². The molecule has 0 aromatic rings. The van der Waals surface area contributed by atoms with Crippen LogP contribution in [0.25, 0.3) is 0 Å². The van der Waals surface area contributed by atoms with Gasteiger partial charge in [-0.15, -0.1) is 0 Å². The van der Waals surface area contributed by atoms with Gasteiger partial charge < -0.3 is 25.2 Å². The molecule has 0 aromatic carbocycles. The molecule has 0 saturated carbocycles. The van der Waals surface area contributed by atoms with Crippen molar-refractivity contribution >= 4 is 25.7 Å². The first-order valence-electron chi connectivity index (χ1n) is 21.8. The van der Waals surface area contributed by atoms with Gasteiger partial charge in [0.1, 0.15) is 12.6 Å². The number of phosphoric ester groups is 1. The summed E-state index contributed by atoms with van der Waals surface area (Å²) >= 11 is 0. The zero-order valence-corrected chi connectivity index (χ0v) is 36.3. The minimum Gasteiger partial charge on any atom is -0.480 e. The lowest BCUT2D eigenvalue weighted by molar-refractivity contribution is -0.161. The number of aliphatic carboxylic acids is 1. The maximum absolute atomic E-state index is 12.6. The summed E-state index contributed by atoms with van der Waals surface area (Å²) in [5.74, 6) is -2.42. The molecule has 0 rings (SSSR count). The van der Waals surface area contributed by atoms with Crippen LogP contribution in [0.2, 0.25) is 0 Å². The highest BCUT2D eigenvalue weighted by atomic mass is 31.2. The molecule has 0 amide bonds. The zero-order valence-electron chi connectivity index (χ0n) is 35.4. The molecule has 57 heavy (non-hydrogen) atoms. The summed E-state index contributed by atoms with van der Waals surface area (Å²) in [6.45, 7) is 2.65. The summed E-state index contributed by atoms with van der Waals surface area (Å²) in [7, 11) is -4.73. The highest BCUT2D eigenvalue weighted by Crippen LogP contribution is 2.43. The Kier molecular flexibility index (Phi) is 38.0. The van der Waals surface area contributed by atoms with Crippen molar-refractivity contribution in [3.8, 4) is 0 Å². The molecule has 12 heteroatoms. The third-order valence-corrected chi connectivity index (χ3v) is 9.98. The number of unbranched alkanes of at least 4 members (excludes halogenated alkanes) is 16. The van der Waals surface area contributed by atoms with E-state index in [-0.39, 0.29) is 19.4 Å². The van der Waals surface area contributed by atoms with Crippen LogP contribution in [0, 0.1) is 0 Å². The molecule has 11 nitrogen and oxygen atoms in total. The van der Waals surface area contributed by atoms with Crippen LogP contribution in [-0.4, -0.2) is 59.9 Å². The molecule has 0 heterocycles. The van der Waals surface area contributed by atoms with E-state index < -0.39 is 51.1 Å². The number of esters is 2. The number of hydrogen-bond donors (Lipinski definition) is 3. The number of ether oxygens (including phenoxy) is 2. The van der Waals surface area contributed by atoms with E-state index in [9.17, 15) is 23.8 Å². The molecule has 0 radical (unpaired) electrons. The predicted octanol–water partition coefficient (Wildman–Crippen LogP) is 11.6. The molecule has 0 saturated heterocycles. The Morgan fingerprint density at radius 2 is 0.982 bits per heavy atom. The Bertz CT molecular complexity index is 1200. The maximum Gasteiger partial charge on any atom is 0.472 e. The quantitative estimate of drug-likeness (QED) is 0.0232. The Morgan fingerprint density at radius 3 is 1.47 bits per heavy atom. The average Bonchev–Trinajstić information content (AvgIpc) is 3.19. The number of carbonyl (C=O) groups excluding carboxylic acids is 2. The number of carbonyl (C=O) groups is 3. The highest BCUT2D eigenvalue weighted by molar-refractivity contribution is 7.47. The van der Waals surface area contributed by atoms with E-state index in [1.165, 1.54) is 64.2 Å². The van der Waals surface area contributed by atoms with Gasteiger partial charge in [-0.05, 0) is 57.8 Å². The first-order chi connectivity index (χ1) is 27.6. The SMILES string of the molecule is CC/C=C\C/C=C\C/C=C\C/C=C\C/C=C\CCCCCC(=O)OC(COC(=O)CCCCCCCCCCCCCCCC)COP(=O)(O)OCC(N)C(=O)O. The summed E-state index contributed by atoms with van der Waals surface area (Å²) in [6.07, 6.45) is 45.7. The Balaban J connectivity index is 4.43. The van der Waals surface area contributed by atoms with Crippen LogP contribution in [0.1, 0.15) is 174 Å². The van der Waals surface area contributed by atoms with E-state index in [0.29, 0.717) is 12.8 Å². The Hall–Kier alpha value is -2.82. The molecule has 0 aromatic heterocycles. The monoisotopic (exact) mass is 824 g/mol. The molecule has 0 aliphatic heterocycles. The molecule has 0 fully saturated rings. The van der Waals surface area contributed by atoms with Crippen molar-refractivity contribution in [1.29, 1.82) is 0 Å². The van der Waals surface area contributed by atoms with Crippen LogP contribution < -0.4 is 5.73 Å². The van der Waals surface area contributed by atoms with Crippen molar-refractivity contribution in [3.05, 3.63) is 60.8 Å². The number of carboxylic acids is 1. The fraction of sp³-hybridized carbons (Fsp3) is 0.711. The summed E-state index contributed by atoms with van der Waals surface area (Å²) < 4.78 is 32.7. The highest BCUT2D eigenvalue weighted by Gasteiger charge is 2.28. The van der Waals surface area contributed by atoms with Crippen LogP contribution in [0.4, 0.5) is 0 Å². The molecule has 0 aliphatic carbocycles. The number of allylic oxidation sites excluding steroid dienone is 10. The minimum absolute atomic E-state index is 0.121. The van der Waals surface area contributed by atoms with Crippen LogP contribution in [0.3, 0.4) is 0 Å². The third-order valence-electron chi connectivity index (χ3n) is 9.03. The van der Waals surface area contributed by atoms with Gasteiger partial charge in [0.15, 0.2) is 6.10 Å². The number of phosphoric acid groups is 1. The minimum atomic E-state index is -4.73. The number of rotatable bonds is 40. The van der Waals surface area contributed by atoms with Crippen LogP contribution in [0.15, 0.2) is 60.8 Å². The van der Waals surface area contributed by atoms with Crippen LogP contribution >= 0.6 is 7.82 Å². The molecule has 0 bridgehead atoms. The van der Waals surface area contributed by atoms with Gasteiger partial charge >= 0.3 is 25.7 Å².